The number of hydrogen-bond acceptors (Lipinski definition) is 2. The fraction of sp³-hybridized carbons (Fsp3) is 0.211. The highest BCUT2D eigenvalue weighted by Crippen LogP contribution is 2.27. The number of aromatic nitrogens is 1. The standard InChI is InChI=1S/C19H19BrN2O2/c1-11-8-13(20)4-6-17(11)22-19(23)10-15-12(2)21-18-7-5-14(24-3)9-16(15)18/h4-9,21H,10H2,1-3H3,(H,22,23). The van der Waals surface area contributed by atoms with Crippen molar-refractivity contribution in [2.24, 2.45) is 0 Å². The number of aromatic amines is 1. The summed E-state index contributed by atoms with van der Waals surface area (Å²) >= 11 is 3.43. The van der Waals surface area contributed by atoms with E-state index in [0.717, 1.165) is 43.6 Å². The summed E-state index contributed by atoms with van der Waals surface area (Å²) in [7, 11) is 1.64. The number of hydrogen-bond donors (Lipinski definition) is 2. The van der Waals surface area contributed by atoms with E-state index in [1.54, 1.807) is 7.11 Å². The van der Waals surface area contributed by atoms with Crippen LogP contribution in [0.2, 0.25) is 0 Å². The van der Waals surface area contributed by atoms with Gasteiger partial charge in [-0.05, 0) is 61.4 Å². The summed E-state index contributed by atoms with van der Waals surface area (Å²) in [5.41, 5.74) is 4.86. The quantitative estimate of drug-likeness (QED) is 0.680. The Morgan fingerprint density at radius 1 is 1.21 bits per heavy atom. The Morgan fingerprint density at radius 3 is 2.71 bits per heavy atom. The van der Waals surface area contributed by atoms with Crippen molar-refractivity contribution in [2.45, 2.75) is 20.3 Å². The number of anilines is 1. The molecule has 2 aromatic carbocycles. The van der Waals surface area contributed by atoms with Crippen molar-refractivity contribution in [3.8, 4) is 5.75 Å². The lowest BCUT2D eigenvalue weighted by molar-refractivity contribution is -0.115. The van der Waals surface area contributed by atoms with Gasteiger partial charge in [-0.1, -0.05) is 15.9 Å². The van der Waals surface area contributed by atoms with Crippen LogP contribution in [0.5, 0.6) is 5.75 Å². The van der Waals surface area contributed by atoms with Crippen LogP contribution in [0.25, 0.3) is 10.9 Å². The lowest BCUT2D eigenvalue weighted by Gasteiger charge is -2.09. The molecule has 1 aromatic heterocycles. The van der Waals surface area contributed by atoms with Crippen LogP contribution < -0.4 is 10.1 Å². The number of halogens is 1. The minimum Gasteiger partial charge on any atom is -0.497 e. The van der Waals surface area contributed by atoms with Gasteiger partial charge in [-0.2, -0.15) is 0 Å². The van der Waals surface area contributed by atoms with Crippen LogP contribution in [0, 0.1) is 13.8 Å². The van der Waals surface area contributed by atoms with Gasteiger partial charge < -0.3 is 15.0 Å². The second-order valence-electron chi connectivity index (χ2n) is 5.82. The van der Waals surface area contributed by atoms with E-state index in [9.17, 15) is 4.79 Å². The van der Waals surface area contributed by atoms with E-state index in [0.29, 0.717) is 6.42 Å². The maximum absolute atomic E-state index is 12.5. The van der Waals surface area contributed by atoms with E-state index >= 15 is 0 Å². The lowest BCUT2D eigenvalue weighted by atomic mass is 10.1. The molecule has 5 heteroatoms. The molecular weight excluding hydrogens is 368 g/mol. The first kappa shape index (κ1) is 16.6. The van der Waals surface area contributed by atoms with Crippen LogP contribution in [0.1, 0.15) is 16.8 Å². The fourth-order valence-corrected chi connectivity index (χ4v) is 3.31. The van der Waals surface area contributed by atoms with E-state index in [2.05, 4.69) is 26.2 Å². The number of amides is 1. The molecule has 0 atom stereocenters. The summed E-state index contributed by atoms with van der Waals surface area (Å²) in [4.78, 5) is 15.8. The van der Waals surface area contributed by atoms with E-state index in [1.165, 1.54) is 0 Å². The van der Waals surface area contributed by atoms with Crippen molar-refractivity contribution in [1.82, 2.24) is 4.98 Å². The Bertz CT molecular complexity index is 915. The molecule has 0 saturated heterocycles. The Balaban J connectivity index is 1.86. The average Bonchev–Trinajstić information content (AvgIpc) is 2.85. The maximum atomic E-state index is 12.5. The number of carbonyl (C=O) groups excluding carboxylic acids is 1. The van der Waals surface area contributed by atoms with Gasteiger partial charge in [0.1, 0.15) is 5.75 Å². The SMILES string of the molecule is COc1ccc2[nH]c(C)c(CC(=O)Nc3ccc(Br)cc3C)c2c1. The van der Waals surface area contributed by atoms with Gasteiger partial charge in [0.15, 0.2) is 0 Å². The number of aryl methyl sites for hydroxylation is 2. The molecule has 24 heavy (non-hydrogen) atoms. The number of nitrogens with one attached hydrogen (secondary N) is 2. The molecule has 0 fully saturated rings. The molecule has 1 heterocycles. The third-order valence-electron chi connectivity index (χ3n) is 4.13. The van der Waals surface area contributed by atoms with Crippen LogP contribution in [0.4, 0.5) is 5.69 Å². The zero-order valence-electron chi connectivity index (χ0n) is 13.9. The molecule has 1 amide bonds. The highest BCUT2D eigenvalue weighted by molar-refractivity contribution is 9.10. The predicted molar refractivity (Wildman–Crippen MR) is 101 cm³/mol. The molecule has 0 aliphatic heterocycles. The third kappa shape index (κ3) is 3.31. The minimum absolute atomic E-state index is 0.0350. The largest absolute Gasteiger partial charge is 0.497 e. The van der Waals surface area contributed by atoms with Crippen LogP contribution in [-0.4, -0.2) is 18.0 Å². The van der Waals surface area contributed by atoms with Crippen LogP contribution in [0.3, 0.4) is 0 Å². The topological polar surface area (TPSA) is 54.1 Å². The highest BCUT2D eigenvalue weighted by Gasteiger charge is 2.14. The van der Waals surface area contributed by atoms with E-state index < -0.39 is 0 Å². The average molecular weight is 387 g/mol. The second-order valence-corrected chi connectivity index (χ2v) is 6.74. The summed E-state index contributed by atoms with van der Waals surface area (Å²) in [6, 6.07) is 11.7. The van der Waals surface area contributed by atoms with Gasteiger partial charge in [-0.3, -0.25) is 4.79 Å². The fourth-order valence-electron chi connectivity index (χ4n) is 2.84. The van der Waals surface area contributed by atoms with Crippen LogP contribution >= 0.6 is 15.9 Å². The number of H-pyrrole nitrogens is 1. The third-order valence-corrected chi connectivity index (χ3v) is 4.62. The Kier molecular flexibility index (Phi) is 4.62. The molecule has 4 nitrogen and oxygen atoms in total. The molecule has 0 saturated carbocycles. The van der Waals surface area contributed by atoms with Crippen LogP contribution in [0.15, 0.2) is 40.9 Å². The minimum atomic E-state index is -0.0350. The second kappa shape index (κ2) is 6.69. The van der Waals surface area contributed by atoms with Crippen molar-refractivity contribution in [3.63, 3.8) is 0 Å². The van der Waals surface area contributed by atoms with Crippen molar-refractivity contribution in [3.05, 3.63) is 57.7 Å². The smallest absolute Gasteiger partial charge is 0.228 e. The summed E-state index contributed by atoms with van der Waals surface area (Å²) in [6.07, 6.45) is 0.314. The maximum Gasteiger partial charge on any atom is 0.228 e. The Labute approximate surface area is 149 Å². The normalized spacial score (nSPS) is 10.8. The molecular formula is C19H19BrN2O2. The molecule has 0 spiro atoms. The zero-order valence-corrected chi connectivity index (χ0v) is 15.5. The summed E-state index contributed by atoms with van der Waals surface area (Å²) in [5.74, 6) is 0.749. The van der Waals surface area contributed by atoms with Gasteiger partial charge in [0.2, 0.25) is 5.91 Å². The summed E-state index contributed by atoms with van der Waals surface area (Å²) in [6.45, 7) is 3.96. The Hall–Kier alpha value is -2.27. The monoisotopic (exact) mass is 386 g/mol. The lowest BCUT2D eigenvalue weighted by Crippen LogP contribution is -2.15. The predicted octanol–water partition coefficient (Wildman–Crippen LogP) is 4.74. The van der Waals surface area contributed by atoms with Gasteiger partial charge in [0, 0.05) is 26.8 Å². The van der Waals surface area contributed by atoms with Gasteiger partial charge in [-0.15, -0.1) is 0 Å². The van der Waals surface area contributed by atoms with Gasteiger partial charge in [-0.25, -0.2) is 0 Å². The molecule has 124 valence electrons. The van der Waals surface area contributed by atoms with E-state index in [-0.39, 0.29) is 5.91 Å². The first-order valence-corrected chi connectivity index (χ1v) is 8.48. The van der Waals surface area contributed by atoms with Crippen molar-refractivity contribution < 1.29 is 9.53 Å². The molecule has 0 unspecified atom stereocenters. The number of methoxy groups -OCH3 is 1. The van der Waals surface area contributed by atoms with Crippen molar-refractivity contribution in [1.29, 1.82) is 0 Å². The number of ether oxygens (including phenoxy) is 1. The summed E-state index contributed by atoms with van der Waals surface area (Å²) in [5, 5.41) is 4.01. The molecule has 0 aliphatic rings. The first-order valence-electron chi connectivity index (χ1n) is 7.69. The highest BCUT2D eigenvalue weighted by atomic mass is 79.9. The molecule has 0 bridgehead atoms. The molecule has 3 aromatic rings. The van der Waals surface area contributed by atoms with Gasteiger partial charge >= 0.3 is 0 Å². The van der Waals surface area contributed by atoms with E-state index in [4.69, 9.17) is 4.74 Å². The molecule has 0 aliphatic carbocycles. The molecule has 3 rings (SSSR count). The van der Waals surface area contributed by atoms with Gasteiger partial charge in [0.25, 0.3) is 0 Å². The van der Waals surface area contributed by atoms with E-state index in [1.807, 2.05) is 50.2 Å². The summed E-state index contributed by atoms with van der Waals surface area (Å²) < 4.78 is 6.29. The number of carbonyl (C=O) groups is 1. The zero-order chi connectivity index (χ0) is 17.3. The Morgan fingerprint density at radius 2 is 2.00 bits per heavy atom. The number of rotatable bonds is 4. The number of fused-ring (bicyclic) bond motifs is 1. The molecule has 2 N–H and O–H groups in total. The van der Waals surface area contributed by atoms with Crippen LogP contribution in [-0.2, 0) is 11.2 Å². The van der Waals surface area contributed by atoms with Gasteiger partial charge in [0.05, 0.1) is 13.5 Å². The molecule has 0 radical (unpaired) electrons. The van der Waals surface area contributed by atoms with Crippen molar-refractivity contribution >= 4 is 38.4 Å². The van der Waals surface area contributed by atoms with Crippen molar-refractivity contribution in [2.75, 3.05) is 12.4 Å². The number of benzene rings is 2. The first-order chi connectivity index (χ1) is 11.5.